The summed E-state index contributed by atoms with van der Waals surface area (Å²) in [6.45, 7) is 1.21. The number of nitrogens with zero attached hydrogens (tertiary/aromatic N) is 3. The van der Waals surface area contributed by atoms with Crippen LogP contribution >= 0.6 is 15.9 Å². The molecule has 0 aliphatic rings. The van der Waals surface area contributed by atoms with Gasteiger partial charge in [-0.2, -0.15) is 0 Å². The van der Waals surface area contributed by atoms with Crippen LogP contribution in [0.4, 0.5) is 0 Å². The summed E-state index contributed by atoms with van der Waals surface area (Å²) in [5, 5.41) is 16.8. The maximum absolute atomic E-state index is 8.82. The number of aromatic nitrogens is 2. The highest BCUT2D eigenvalue weighted by Gasteiger charge is 2.12. The molecule has 5 nitrogen and oxygen atoms in total. The molecule has 96 valence electrons. The van der Waals surface area contributed by atoms with Crippen LogP contribution in [0.15, 0.2) is 33.2 Å². The van der Waals surface area contributed by atoms with Crippen LogP contribution in [0, 0.1) is 0 Å². The van der Waals surface area contributed by atoms with Crippen molar-refractivity contribution in [2.75, 3.05) is 20.2 Å². The Morgan fingerprint density at radius 3 is 2.83 bits per heavy atom. The van der Waals surface area contributed by atoms with E-state index in [2.05, 4.69) is 26.1 Å². The number of likely N-dealkylation sites (N-methyl/N-ethyl adjacent to an activating group) is 1. The molecule has 0 saturated carbocycles. The zero-order chi connectivity index (χ0) is 13.0. The molecular weight excluding hydrogens is 298 g/mol. The molecule has 0 unspecified atom stereocenters. The third-order valence-electron chi connectivity index (χ3n) is 2.46. The van der Waals surface area contributed by atoms with Gasteiger partial charge >= 0.3 is 0 Å². The second-order valence-corrected chi connectivity index (χ2v) is 4.80. The normalized spacial score (nSPS) is 11.1. The Hall–Kier alpha value is -1.24. The summed E-state index contributed by atoms with van der Waals surface area (Å²) in [5.74, 6) is 1.03. The Labute approximate surface area is 114 Å². The van der Waals surface area contributed by atoms with E-state index >= 15 is 0 Å². The predicted octanol–water partition coefficient (Wildman–Crippen LogP) is 1.92. The number of hydrogen-bond donors (Lipinski definition) is 1. The average Bonchev–Trinajstić information content (AvgIpc) is 2.78. The van der Waals surface area contributed by atoms with Crippen LogP contribution in [-0.4, -0.2) is 40.4 Å². The highest BCUT2D eigenvalue weighted by molar-refractivity contribution is 9.10. The molecule has 0 fully saturated rings. The quantitative estimate of drug-likeness (QED) is 0.914. The number of aliphatic hydroxyl groups is 1. The molecule has 2 aromatic rings. The number of halogens is 1. The van der Waals surface area contributed by atoms with Crippen molar-refractivity contribution in [3.63, 3.8) is 0 Å². The Balaban J connectivity index is 2.13. The molecular formula is C12H14BrN3O2. The minimum Gasteiger partial charge on any atom is -0.419 e. The van der Waals surface area contributed by atoms with Crippen LogP contribution in [0.5, 0.6) is 0 Å². The molecule has 0 bridgehead atoms. The van der Waals surface area contributed by atoms with E-state index in [0.29, 0.717) is 24.9 Å². The lowest BCUT2D eigenvalue weighted by Crippen LogP contribution is -2.21. The maximum atomic E-state index is 8.82. The molecule has 6 heteroatoms. The summed E-state index contributed by atoms with van der Waals surface area (Å²) in [5.41, 5.74) is 0.876. The molecule has 1 N–H and O–H groups in total. The Morgan fingerprint density at radius 1 is 1.33 bits per heavy atom. The van der Waals surface area contributed by atoms with E-state index < -0.39 is 0 Å². The van der Waals surface area contributed by atoms with Gasteiger partial charge in [-0.05, 0) is 35.1 Å². The summed E-state index contributed by atoms with van der Waals surface area (Å²) in [4.78, 5) is 1.91. The van der Waals surface area contributed by atoms with E-state index in [4.69, 9.17) is 9.52 Å². The van der Waals surface area contributed by atoms with Gasteiger partial charge in [0.1, 0.15) is 0 Å². The lowest BCUT2D eigenvalue weighted by Gasteiger charge is -2.11. The first-order valence-corrected chi connectivity index (χ1v) is 6.36. The molecule has 0 spiro atoms. The van der Waals surface area contributed by atoms with Crippen molar-refractivity contribution < 1.29 is 9.52 Å². The van der Waals surface area contributed by atoms with E-state index in [0.717, 1.165) is 10.0 Å². The summed E-state index contributed by atoms with van der Waals surface area (Å²) in [7, 11) is 1.89. The summed E-state index contributed by atoms with van der Waals surface area (Å²) < 4.78 is 6.51. The zero-order valence-corrected chi connectivity index (χ0v) is 11.6. The number of hydrogen-bond acceptors (Lipinski definition) is 5. The van der Waals surface area contributed by atoms with Crippen molar-refractivity contribution in [2.45, 2.75) is 6.54 Å². The molecule has 18 heavy (non-hydrogen) atoms. The van der Waals surface area contributed by atoms with Gasteiger partial charge in [0.2, 0.25) is 11.8 Å². The molecule has 0 saturated heterocycles. The van der Waals surface area contributed by atoms with Crippen molar-refractivity contribution in [3.05, 3.63) is 34.6 Å². The summed E-state index contributed by atoms with van der Waals surface area (Å²) in [6.07, 6.45) is 0. The van der Waals surface area contributed by atoms with Gasteiger partial charge in [0, 0.05) is 11.0 Å². The third-order valence-corrected chi connectivity index (χ3v) is 3.15. The van der Waals surface area contributed by atoms with E-state index in [1.54, 1.807) is 0 Å². The van der Waals surface area contributed by atoms with Gasteiger partial charge in [0.25, 0.3) is 0 Å². The molecule has 1 heterocycles. The van der Waals surface area contributed by atoms with Crippen molar-refractivity contribution in [3.8, 4) is 11.5 Å². The predicted molar refractivity (Wildman–Crippen MR) is 70.9 cm³/mol. The van der Waals surface area contributed by atoms with Crippen LogP contribution in [0.2, 0.25) is 0 Å². The number of benzene rings is 1. The van der Waals surface area contributed by atoms with E-state index in [1.807, 2.05) is 36.2 Å². The van der Waals surface area contributed by atoms with Crippen molar-refractivity contribution in [1.29, 1.82) is 0 Å². The van der Waals surface area contributed by atoms with Gasteiger partial charge in [0.05, 0.1) is 18.7 Å². The van der Waals surface area contributed by atoms with Crippen LogP contribution in [0.3, 0.4) is 0 Å². The van der Waals surface area contributed by atoms with Gasteiger partial charge in [-0.15, -0.1) is 10.2 Å². The van der Waals surface area contributed by atoms with Gasteiger partial charge in [-0.3, -0.25) is 4.90 Å². The lowest BCUT2D eigenvalue weighted by atomic mass is 10.2. The highest BCUT2D eigenvalue weighted by atomic mass is 79.9. The molecule has 1 aromatic heterocycles. The van der Waals surface area contributed by atoms with E-state index in [9.17, 15) is 0 Å². The van der Waals surface area contributed by atoms with Crippen molar-refractivity contribution >= 4 is 15.9 Å². The summed E-state index contributed by atoms with van der Waals surface area (Å²) >= 11 is 3.45. The monoisotopic (exact) mass is 311 g/mol. The van der Waals surface area contributed by atoms with Crippen LogP contribution in [-0.2, 0) is 6.54 Å². The minimum absolute atomic E-state index is 0.113. The van der Waals surface area contributed by atoms with Gasteiger partial charge in [-0.1, -0.05) is 12.1 Å². The minimum atomic E-state index is 0.113. The SMILES string of the molecule is CN(CCO)Cc1nnc(-c2ccccc2Br)o1. The van der Waals surface area contributed by atoms with Crippen LogP contribution in [0.25, 0.3) is 11.5 Å². The molecule has 2 rings (SSSR count). The zero-order valence-electron chi connectivity index (χ0n) is 10.0. The lowest BCUT2D eigenvalue weighted by molar-refractivity contribution is 0.206. The largest absolute Gasteiger partial charge is 0.419 e. The topological polar surface area (TPSA) is 62.4 Å². The molecule has 0 aliphatic carbocycles. The van der Waals surface area contributed by atoms with Gasteiger partial charge < -0.3 is 9.52 Å². The Kier molecular flexibility index (Phi) is 4.46. The fourth-order valence-corrected chi connectivity index (χ4v) is 2.00. The maximum Gasteiger partial charge on any atom is 0.248 e. The van der Waals surface area contributed by atoms with Crippen molar-refractivity contribution in [2.24, 2.45) is 0 Å². The Morgan fingerprint density at radius 2 is 2.11 bits per heavy atom. The average molecular weight is 312 g/mol. The highest BCUT2D eigenvalue weighted by Crippen LogP contribution is 2.26. The third kappa shape index (κ3) is 3.16. The molecule has 0 atom stereocenters. The fraction of sp³-hybridized carbons (Fsp3) is 0.333. The van der Waals surface area contributed by atoms with Crippen LogP contribution in [0.1, 0.15) is 5.89 Å². The van der Waals surface area contributed by atoms with Gasteiger partial charge in [-0.25, -0.2) is 0 Å². The second-order valence-electron chi connectivity index (χ2n) is 3.94. The van der Waals surface area contributed by atoms with E-state index in [-0.39, 0.29) is 6.61 Å². The fourth-order valence-electron chi connectivity index (χ4n) is 1.54. The van der Waals surface area contributed by atoms with Gasteiger partial charge in [0.15, 0.2) is 0 Å². The smallest absolute Gasteiger partial charge is 0.248 e. The Bertz CT molecular complexity index is 516. The van der Waals surface area contributed by atoms with Crippen LogP contribution < -0.4 is 0 Å². The number of rotatable bonds is 5. The van der Waals surface area contributed by atoms with Crippen molar-refractivity contribution in [1.82, 2.24) is 15.1 Å². The first-order valence-electron chi connectivity index (χ1n) is 5.57. The summed E-state index contributed by atoms with van der Waals surface area (Å²) in [6, 6.07) is 7.69. The number of aliphatic hydroxyl groups excluding tert-OH is 1. The first kappa shape index (κ1) is 13.2. The second kappa shape index (κ2) is 6.08. The standard InChI is InChI=1S/C12H14BrN3O2/c1-16(6-7-17)8-11-14-15-12(18-11)9-4-2-3-5-10(9)13/h2-5,17H,6-8H2,1H3. The van der Waals surface area contributed by atoms with E-state index in [1.165, 1.54) is 0 Å². The molecule has 1 aromatic carbocycles. The first-order chi connectivity index (χ1) is 8.70. The molecule has 0 amide bonds. The molecule has 0 radical (unpaired) electrons. The molecule has 0 aliphatic heterocycles.